The topological polar surface area (TPSA) is 49.4 Å². The molecule has 4 nitrogen and oxygen atoms in total. The molecule has 1 aliphatic heterocycles. The summed E-state index contributed by atoms with van der Waals surface area (Å²) in [5, 5.41) is 3.41. The molecule has 1 saturated heterocycles. The number of nitrogens with one attached hydrogen (secondary N) is 1. The molecule has 2 aromatic rings. The molecule has 2 amide bonds. The Morgan fingerprint density at radius 2 is 2.04 bits per heavy atom. The second-order valence-electron chi connectivity index (χ2n) is 5.70. The lowest BCUT2D eigenvalue weighted by Crippen LogP contribution is -2.32. The van der Waals surface area contributed by atoms with E-state index in [1.54, 1.807) is 30.3 Å². The zero-order valence-electron chi connectivity index (χ0n) is 12.8. The number of benzene rings is 2. The Bertz CT molecular complexity index is 781. The van der Waals surface area contributed by atoms with Gasteiger partial charge in [-0.1, -0.05) is 35.9 Å². The normalized spacial score (nSPS) is 17.2. The molecule has 1 N–H and O–H groups in total. The van der Waals surface area contributed by atoms with Gasteiger partial charge in [0.1, 0.15) is 5.82 Å². The summed E-state index contributed by atoms with van der Waals surface area (Å²) in [6, 6.07) is 13.3. The Balaban J connectivity index is 1.63. The van der Waals surface area contributed by atoms with Crippen molar-refractivity contribution < 1.29 is 14.0 Å². The minimum atomic E-state index is -0.490. The van der Waals surface area contributed by atoms with Gasteiger partial charge in [0.15, 0.2) is 0 Å². The van der Waals surface area contributed by atoms with Crippen molar-refractivity contribution in [2.24, 2.45) is 5.92 Å². The van der Waals surface area contributed by atoms with E-state index in [2.05, 4.69) is 5.32 Å². The van der Waals surface area contributed by atoms with Gasteiger partial charge in [-0.3, -0.25) is 9.59 Å². The van der Waals surface area contributed by atoms with Crippen molar-refractivity contribution >= 4 is 29.1 Å². The van der Waals surface area contributed by atoms with Crippen LogP contribution in [0.4, 0.5) is 10.1 Å². The molecule has 24 heavy (non-hydrogen) atoms. The second kappa shape index (κ2) is 7.01. The number of hydrogen-bond donors (Lipinski definition) is 1. The lowest BCUT2D eigenvalue weighted by molar-refractivity contribution is -0.126. The van der Waals surface area contributed by atoms with Gasteiger partial charge in [0.05, 0.1) is 11.6 Å². The van der Waals surface area contributed by atoms with E-state index in [9.17, 15) is 14.0 Å². The predicted molar refractivity (Wildman–Crippen MR) is 90.2 cm³/mol. The van der Waals surface area contributed by atoms with Gasteiger partial charge in [-0.2, -0.15) is 0 Å². The third kappa shape index (κ3) is 3.57. The fourth-order valence-electron chi connectivity index (χ4n) is 2.77. The van der Waals surface area contributed by atoms with Crippen LogP contribution in [0, 0.1) is 11.7 Å². The van der Waals surface area contributed by atoms with E-state index in [0.717, 1.165) is 5.56 Å². The Kier molecular flexibility index (Phi) is 4.81. The fraction of sp³-hybridized carbons (Fsp3) is 0.222. The molecule has 1 heterocycles. The first kappa shape index (κ1) is 16.5. The number of amides is 2. The maximum atomic E-state index is 13.8. The average molecular weight is 347 g/mol. The molecule has 3 rings (SSSR count). The lowest BCUT2D eigenvalue weighted by Gasteiger charge is -2.17. The summed E-state index contributed by atoms with van der Waals surface area (Å²) in [4.78, 5) is 25.7. The molecule has 124 valence electrons. The quantitative estimate of drug-likeness (QED) is 0.924. The third-order valence-electron chi connectivity index (χ3n) is 3.99. The molecule has 0 unspecified atom stereocenters. The molecule has 0 aromatic heterocycles. The van der Waals surface area contributed by atoms with Crippen LogP contribution >= 0.6 is 11.6 Å². The summed E-state index contributed by atoms with van der Waals surface area (Å²) in [7, 11) is 0. The number of carbonyl (C=O) groups excluding carboxylic acids is 2. The summed E-state index contributed by atoms with van der Waals surface area (Å²) in [6.07, 6.45) is 0.0791. The number of carbonyl (C=O) groups is 2. The first-order valence-electron chi connectivity index (χ1n) is 7.61. The smallest absolute Gasteiger partial charge is 0.227 e. The summed E-state index contributed by atoms with van der Waals surface area (Å²) in [5.74, 6) is -1.42. The van der Waals surface area contributed by atoms with E-state index in [1.807, 2.05) is 12.1 Å². The number of anilines is 1. The van der Waals surface area contributed by atoms with Crippen molar-refractivity contribution in [2.45, 2.75) is 13.0 Å². The van der Waals surface area contributed by atoms with Gasteiger partial charge in [-0.25, -0.2) is 4.39 Å². The molecule has 6 heteroatoms. The van der Waals surface area contributed by atoms with Crippen LogP contribution in [0.3, 0.4) is 0 Å². The summed E-state index contributed by atoms with van der Waals surface area (Å²) < 4.78 is 13.8. The Labute approximate surface area is 144 Å². The zero-order valence-corrected chi connectivity index (χ0v) is 13.6. The van der Waals surface area contributed by atoms with Gasteiger partial charge in [0.25, 0.3) is 0 Å². The number of halogens is 2. The van der Waals surface area contributed by atoms with Crippen molar-refractivity contribution in [1.29, 1.82) is 0 Å². The molecule has 0 radical (unpaired) electrons. The average Bonchev–Trinajstić information content (AvgIpc) is 2.95. The summed E-state index contributed by atoms with van der Waals surface area (Å²) in [6.45, 7) is 0.519. The first-order chi connectivity index (χ1) is 11.5. The lowest BCUT2D eigenvalue weighted by atomic mass is 10.1. The molecule has 0 spiro atoms. The number of rotatable bonds is 4. The van der Waals surface area contributed by atoms with Crippen LogP contribution < -0.4 is 10.2 Å². The molecule has 0 saturated carbocycles. The molecular formula is C18H16ClFN2O2. The van der Waals surface area contributed by atoms with E-state index in [4.69, 9.17) is 11.6 Å². The Hall–Kier alpha value is -2.40. The van der Waals surface area contributed by atoms with Gasteiger partial charge in [-0.15, -0.1) is 0 Å². The van der Waals surface area contributed by atoms with Crippen LogP contribution in [-0.4, -0.2) is 18.4 Å². The largest absolute Gasteiger partial charge is 0.352 e. The Morgan fingerprint density at radius 1 is 1.25 bits per heavy atom. The maximum Gasteiger partial charge on any atom is 0.227 e. The van der Waals surface area contributed by atoms with Crippen LogP contribution in [-0.2, 0) is 16.1 Å². The summed E-state index contributed by atoms with van der Waals surface area (Å²) in [5.41, 5.74) is 1.10. The van der Waals surface area contributed by atoms with E-state index in [0.29, 0.717) is 11.6 Å². The monoisotopic (exact) mass is 346 g/mol. The third-order valence-corrected chi connectivity index (χ3v) is 4.23. The molecule has 0 aliphatic carbocycles. The predicted octanol–water partition coefficient (Wildman–Crippen LogP) is 3.15. The highest BCUT2D eigenvalue weighted by atomic mass is 35.5. The highest BCUT2D eigenvalue weighted by Gasteiger charge is 2.35. The second-order valence-corrected chi connectivity index (χ2v) is 6.14. The molecular weight excluding hydrogens is 331 g/mol. The molecule has 1 atom stereocenters. The SMILES string of the molecule is O=C(NCc1cccc(Cl)c1)[C@@H]1CC(=O)N(c2ccccc2F)C1. The van der Waals surface area contributed by atoms with E-state index < -0.39 is 11.7 Å². The van der Waals surface area contributed by atoms with Crippen molar-refractivity contribution in [3.63, 3.8) is 0 Å². The van der Waals surface area contributed by atoms with E-state index >= 15 is 0 Å². The first-order valence-corrected chi connectivity index (χ1v) is 7.99. The molecule has 2 aromatic carbocycles. The molecule has 1 aliphatic rings. The highest BCUT2D eigenvalue weighted by molar-refractivity contribution is 6.30. The van der Waals surface area contributed by atoms with Crippen molar-refractivity contribution in [2.75, 3.05) is 11.4 Å². The minimum Gasteiger partial charge on any atom is -0.352 e. The van der Waals surface area contributed by atoms with Gasteiger partial charge in [0, 0.05) is 24.5 Å². The fourth-order valence-corrected chi connectivity index (χ4v) is 2.98. The zero-order chi connectivity index (χ0) is 17.1. The van der Waals surface area contributed by atoms with Crippen LogP contribution in [0.2, 0.25) is 5.02 Å². The Morgan fingerprint density at radius 3 is 2.79 bits per heavy atom. The van der Waals surface area contributed by atoms with Crippen molar-refractivity contribution in [3.05, 3.63) is 64.9 Å². The van der Waals surface area contributed by atoms with Gasteiger partial charge >= 0.3 is 0 Å². The van der Waals surface area contributed by atoms with Gasteiger partial charge in [-0.05, 0) is 29.8 Å². The molecule has 0 bridgehead atoms. The van der Waals surface area contributed by atoms with Crippen LogP contribution in [0.5, 0.6) is 0 Å². The highest BCUT2D eigenvalue weighted by Crippen LogP contribution is 2.27. The minimum absolute atomic E-state index is 0.0791. The maximum absolute atomic E-state index is 13.8. The number of para-hydroxylation sites is 1. The van der Waals surface area contributed by atoms with Gasteiger partial charge < -0.3 is 10.2 Å². The van der Waals surface area contributed by atoms with Crippen LogP contribution in [0.15, 0.2) is 48.5 Å². The molecule has 1 fully saturated rings. The number of hydrogen-bond acceptors (Lipinski definition) is 2. The van der Waals surface area contributed by atoms with Crippen LogP contribution in [0.1, 0.15) is 12.0 Å². The van der Waals surface area contributed by atoms with Crippen molar-refractivity contribution in [1.82, 2.24) is 5.32 Å². The number of nitrogens with zero attached hydrogens (tertiary/aromatic N) is 1. The van der Waals surface area contributed by atoms with Gasteiger partial charge in [0.2, 0.25) is 11.8 Å². The van der Waals surface area contributed by atoms with Crippen LogP contribution in [0.25, 0.3) is 0 Å². The van der Waals surface area contributed by atoms with E-state index in [1.165, 1.54) is 11.0 Å². The van der Waals surface area contributed by atoms with E-state index in [-0.39, 0.29) is 30.5 Å². The standard InChI is InChI=1S/C18H16ClFN2O2/c19-14-5-3-4-12(8-14)10-21-18(24)13-9-17(23)22(11-13)16-7-2-1-6-15(16)20/h1-8,13H,9-11H2,(H,21,24)/t13-/m1/s1. The van der Waals surface area contributed by atoms with Crippen molar-refractivity contribution in [3.8, 4) is 0 Å². The summed E-state index contributed by atoms with van der Waals surface area (Å²) >= 11 is 5.91.